The molecule has 142 valence electrons. The van der Waals surface area contributed by atoms with Crippen molar-refractivity contribution in [2.24, 2.45) is 0 Å². The molecule has 3 aromatic rings. The SMILES string of the molecule is O=C(CNc1ccccc1Oc1ccccc1)NC(=O)Nc1ccccc1F. The third-order valence-corrected chi connectivity index (χ3v) is 3.67. The lowest BCUT2D eigenvalue weighted by molar-refractivity contribution is -0.118. The van der Waals surface area contributed by atoms with Crippen molar-refractivity contribution in [1.29, 1.82) is 0 Å². The Morgan fingerprint density at radius 1 is 0.821 bits per heavy atom. The van der Waals surface area contributed by atoms with Crippen LogP contribution in [0.4, 0.5) is 20.6 Å². The van der Waals surface area contributed by atoms with E-state index >= 15 is 0 Å². The topological polar surface area (TPSA) is 79.5 Å². The van der Waals surface area contributed by atoms with Crippen molar-refractivity contribution in [3.63, 3.8) is 0 Å². The van der Waals surface area contributed by atoms with Crippen molar-refractivity contribution < 1.29 is 18.7 Å². The molecule has 3 aromatic carbocycles. The van der Waals surface area contributed by atoms with Crippen LogP contribution in [0, 0.1) is 5.82 Å². The summed E-state index contributed by atoms with van der Waals surface area (Å²) in [6, 6.07) is 21.2. The van der Waals surface area contributed by atoms with Gasteiger partial charge >= 0.3 is 6.03 Å². The maximum absolute atomic E-state index is 13.5. The van der Waals surface area contributed by atoms with Crippen LogP contribution in [-0.2, 0) is 4.79 Å². The molecule has 0 aromatic heterocycles. The summed E-state index contributed by atoms with van der Waals surface area (Å²) in [4.78, 5) is 23.8. The Morgan fingerprint density at radius 3 is 2.21 bits per heavy atom. The van der Waals surface area contributed by atoms with Gasteiger partial charge in [-0.1, -0.05) is 42.5 Å². The molecule has 0 aliphatic carbocycles. The number of rotatable bonds is 6. The smallest absolute Gasteiger partial charge is 0.326 e. The number of ether oxygens (including phenoxy) is 1. The maximum Gasteiger partial charge on any atom is 0.326 e. The van der Waals surface area contributed by atoms with Crippen molar-refractivity contribution in [1.82, 2.24) is 5.32 Å². The number of imide groups is 1. The molecule has 7 heteroatoms. The van der Waals surface area contributed by atoms with Gasteiger partial charge in [-0.15, -0.1) is 0 Å². The van der Waals surface area contributed by atoms with Crippen molar-refractivity contribution in [2.75, 3.05) is 17.2 Å². The molecule has 0 bridgehead atoms. The van der Waals surface area contributed by atoms with Crippen LogP contribution in [0.25, 0.3) is 0 Å². The second-order valence-corrected chi connectivity index (χ2v) is 5.75. The molecule has 6 nitrogen and oxygen atoms in total. The Labute approximate surface area is 161 Å². The zero-order valence-corrected chi connectivity index (χ0v) is 14.8. The maximum atomic E-state index is 13.5. The summed E-state index contributed by atoms with van der Waals surface area (Å²) in [5, 5.41) is 7.34. The molecule has 0 saturated carbocycles. The quantitative estimate of drug-likeness (QED) is 0.594. The summed E-state index contributed by atoms with van der Waals surface area (Å²) in [5.74, 6) is 0.0290. The fourth-order valence-electron chi connectivity index (χ4n) is 2.38. The van der Waals surface area contributed by atoms with E-state index < -0.39 is 17.8 Å². The average Bonchev–Trinajstić information content (AvgIpc) is 2.70. The number of benzene rings is 3. The number of carbonyl (C=O) groups excluding carboxylic acids is 2. The van der Waals surface area contributed by atoms with E-state index in [9.17, 15) is 14.0 Å². The first-order chi connectivity index (χ1) is 13.6. The minimum atomic E-state index is -0.814. The van der Waals surface area contributed by atoms with Gasteiger partial charge in [0, 0.05) is 0 Å². The highest BCUT2D eigenvalue weighted by atomic mass is 19.1. The first kappa shape index (κ1) is 18.9. The Balaban J connectivity index is 1.55. The van der Waals surface area contributed by atoms with Gasteiger partial charge < -0.3 is 15.4 Å². The molecule has 3 N–H and O–H groups in total. The standard InChI is InChI=1S/C21H18FN3O3/c22-16-10-4-5-11-17(16)24-21(27)25-20(26)14-23-18-12-6-7-13-19(18)28-15-8-2-1-3-9-15/h1-13,23H,14H2,(H2,24,25,26,27). The van der Waals surface area contributed by atoms with E-state index in [1.165, 1.54) is 18.2 Å². The normalized spacial score (nSPS) is 10.0. The predicted octanol–water partition coefficient (Wildman–Crippen LogP) is 4.38. The molecule has 0 fully saturated rings. The third kappa shape index (κ3) is 5.31. The van der Waals surface area contributed by atoms with E-state index in [4.69, 9.17) is 4.74 Å². The minimum Gasteiger partial charge on any atom is -0.455 e. The van der Waals surface area contributed by atoms with E-state index in [-0.39, 0.29) is 12.2 Å². The molecule has 0 radical (unpaired) electrons. The molecule has 0 unspecified atom stereocenters. The van der Waals surface area contributed by atoms with E-state index in [1.807, 2.05) is 36.4 Å². The Hall–Kier alpha value is -3.87. The first-order valence-electron chi connectivity index (χ1n) is 8.53. The van der Waals surface area contributed by atoms with E-state index in [2.05, 4.69) is 16.0 Å². The molecule has 3 amide bonds. The zero-order valence-electron chi connectivity index (χ0n) is 14.8. The number of anilines is 2. The zero-order chi connectivity index (χ0) is 19.8. The van der Waals surface area contributed by atoms with Gasteiger partial charge in [-0.05, 0) is 36.4 Å². The average molecular weight is 379 g/mol. The molecule has 0 aliphatic heterocycles. The minimum absolute atomic E-state index is 0.0117. The number of nitrogens with one attached hydrogen (secondary N) is 3. The monoisotopic (exact) mass is 379 g/mol. The molecule has 3 rings (SSSR count). The van der Waals surface area contributed by atoms with Crippen LogP contribution in [0.3, 0.4) is 0 Å². The van der Waals surface area contributed by atoms with Crippen LogP contribution in [0.1, 0.15) is 0 Å². The fourth-order valence-corrected chi connectivity index (χ4v) is 2.38. The summed E-state index contributed by atoms with van der Waals surface area (Å²) in [5.41, 5.74) is 0.582. The van der Waals surface area contributed by atoms with Gasteiger partial charge in [0.1, 0.15) is 11.6 Å². The van der Waals surface area contributed by atoms with Crippen molar-refractivity contribution in [3.8, 4) is 11.5 Å². The number of para-hydroxylation sites is 4. The molecular weight excluding hydrogens is 361 g/mol. The molecule has 0 atom stereocenters. The van der Waals surface area contributed by atoms with Gasteiger partial charge in [-0.3, -0.25) is 10.1 Å². The first-order valence-corrected chi connectivity index (χ1v) is 8.53. The summed E-state index contributed by atoms with van der Waals surface area (Å²) >= 11 is 0. The summed E-state index contributed by atoms with van der Waals surface area (Å²) in [6.07, 6.45) is 0. The summed E-state index contributed by atoms with van der Waals surface area (Å²) in [7, 11) is 0. The summed E-state index contributed by atoms with van der Waals surface area (Å²) in [6.45, 7) is -0.167. The number of hydrogen-bond acceptors (Lipinski definition) is 4. The van der Waals surface area contributed by atoms with Gasteiger partial charge in [0.25, 0.3) is 0 Å². The number of carbonyl (C=O) groups is 2. The second-order valence-electron chi connectivity index (χ2n) is 5.75. The second kappa shape index (κ2) is 9.18. The lowest BCUT2D eigenvalue weighted by Gasteiger charge is -2.13. The van der Waals surface area contributed by atoms with Gasteiger partial charge in [-0.2, -0.15) is 0 Å². The lowest BCUT2D eigenvalue weighted by Crippen LogP contribution is -2.38. The number of urea groups is 1. The van der Waals surface area contributed by atoms with Crippen LogP contribution in [0.5, 0.6) is 11.5 Å². The van der Waals surface area contributed by atoms with E-state index in [1.54, 1.807) is 24.3 Å². The largest absolute Gasteiger partial charge is 0.455 e. The third-order valence-electron chi connectivity index (χ3n) is 3.67. The van der Waals surface area contributed by atoms with Gasteiger partial charge in [-0.25, -0.2) is 9.18 Å². The van der Waals surface area contributed by atoms with Crippen molar-refractivity contribution >= 4 is 23.3 Å². The van der Waals surface area contributed by atoms with Crippen LogP contribution < -0.4 is 20.7 Å². The number of hydrogen-bond donors (Lipinski definition) is 3. The van der Waals surface area contributed by atoms with Gasteiger partial charge in [0.2, 0.25) is 5.91 Å². The van der Waals surface area contributed by atoms with Crippen LogP contribution in [0.2, 0.25) is 0 Å². The number of amides is 3. The fraction of sp³-hybridized carbons (Fsp3) is 0.0476. The van der Waals surface area contributed by atoms with E-state index in [0.717, 1.165) is 0 Å². The number of halogens is 1. The molecule has 0 spiro atoms. The molecule has 28 heavy (non-hydrogen) atoms. The Bertz CT molecular complexity index is 964. The lowest BCUT2D eigenvalue weighted by atomic mass is 10.3. The molecular formula is C21H18FN3O3. The van der Waals surface area contributed by atoms with Crippen LogP contribution >= 0.6 is 0 Å². The van der Waals surface area contributed by atoms with Crippen molar-refractivity contribution in [3.05, 3.63) is 84.7 Å². The highest BCUT2D eigenvalue weighted by Gasteiger charge is 2.11. The molecule has 0 aliphatic rings. The molecule has 0 saturated heterocycles. The predicted molar refractivity (Wildman–Crippen MR) is 105 cm³/mol. The van der Waals surface area contributed by atoms with Crippen LogP contribution in [-0.4, -0.2) is 18.5 Å². The highest BCUT2D eigenvalue weighted by molar-refractivity contribution is 6.02. The van der Waals surface area contributed by atoms with Crippen LogP contribution in [0.15, 0.2) is 78.9 Å². The van der Waals surface area contributed by atoms with Gasteiger partial charge in [0.15, 0.2) is 5.75 Å². The van der Waals surface area contributed by atoms with Crippen molar-refractivity contribution in [2.45, 2.75) is 0 Å². The summed E-state index contributed by atoms with van der Waals surface area (Å²) < 4.78 is 19.3. The van der Waals surface area contributed by atoms with Gasteiger partial charge in [0.05, 0.1) is 17.9 Å². The molecule has 0 heterocycles. The highest BCUT2D eigenvalue weighted by Crippen LogP contribution is 2.28. The Morgan fingerprint density at radius 2 is 1.46 bits per heavy atom. The Kier molecular flexibility index (Phi) is 6.20. The van der Waals surface area contributed by atoms with E-state index in [0.29, 0.717) is 17.2 Å².